The fourth-order valence-electron chi connectivity index (χ4n) is 3.98. The quantitative estimate of drug-likeness (QED) is 0.685. The van der Waals surface area contributed by atoms with Gasteiger partial charge in [-0.1, -0.05) is 31.5 Å². The van der Waals surface area contributed by atoms with Crippen LogP contribution in [0.25, 0.3) is 0 Å². The average molecular weight is 410 g/mol. The molecule has 0 spiro atoms. The number of ether oxygens (including phenoxy) is 1. The predicted octanol–water partition coefficient (Wildman–Crippen LogP) is 2.52. The maximum absolute atomic E-state index is 13.0. The first-order valence-electron chi connectivity index (χ1n) is 10.9. The van der Waals surface area contributed by atoms with Crippen LogP contribution < -0.4 is 20.5 Å². The minimum Gasteiger partial charge on any atom is -0.494 e. The zero-order valence-electron chi connectivity index (χ0n) is 17.6. The highest BCUT2D eigenvalue weighted by atomic mass is 16.5. The third kappa shape index (κ3) is 4.91. The molecule has 2 saturated heterocycles. The molecule has 160 valence electrons. The van der Waals surface area contributed by atoms with Gasteiger partial charge < -0.3 is 14.5 Å². The molecule has 1 aromatic heterocycles. The van der Waals surface area contributed by atoms with Crippen LogP contribution in [0.2, 0.25) is 0 Å². The number of nitrogens with zero attached hydrogens (tertiary/aromatic N) is 3. The molecule has 2 aliphatic heterocycles. The topological polar surface area (TPSA) is 69.7 Å². The van der Waals surface area contributed by atoms with Crippen molar-refractivity contribution in [3.05, 3.63) is 54.2 Å². The van der Waals surface area contributed by atoms with Crippen molar-refractivity contribution in [2.45, 2.75) is 38.3 Å². The maximum Gasteiger partial charge on any atom is 0.241 e. The summed E-state index contributed by atoms with van der Waals surface area (Å²) in [6.07, 6.45) is 4.75. The summed E-state index contributed by atoms with van der Waals surface area (Å²) in [5, 5.41) is 0. The van der Waals surface area contributed by atoms with E-state index in [4.69, 9.17) is 4.74 Å². The van der Waals surface area contributed by atoms with Gasteiger partial charge in [-0.25, -0.2) is 15.8 Å². The van der Waals surface area contributed by atoms with Crippen LogP contribution in [-0.2, 0) is 4.79 Å². The predicted molar refractivity (Wildman–Crippen MR) is 117 cm³/mol. The minimum absolute atomic E-state index is 0.124. The largest absolute Gasteiger partial charge is 0.494 e. The highest BCUT2D eigenvalue weighted by Gasteiger charge is 2.34. The molecule has 0 bridgehead atoms. The number of hydrogen-bond acceptors (Lipinski definition) is 6. The van der Waals surface area contributed by atoms with Gasteiger partial charge in [-0.2, -0.15) is 0 Å². The summed E-state index contributed by atoms with van der Waals surface area (Å²) in [7, 11) is 0. The van der Waals surface area contributed by atoms with Crippen LogP contribution in [0.4, 0.5) is 5.82 Å². The Morgan fingerprint density at radius 3 is 2.60 bits per heavy atom. The monoisotopic (exact) mass is 409 g/mol. The molecule has 1 amide bonds. The smallest absolute Gasteiger partial charge is 0.241 e. The van der Waals surface area contributed by atoms with Crippen molar-refractivity contribution in [1.82, 2.24) is 20.7 Å². The molecule has 2 atom stereocenters. The first-order chi connectivity index (χ1) is 14.7. The molecule has 7 nitrogen and oxygen atoms in total. The molecule has 30 heavy (non-hydrogen) atoms. The summed E-state index contributed by atoms with van der Waals surface area (Å²) in [6.45, 7) is 5.98. The van der Waals surface area contributed by atoms with Crippen molar-refractivity contribution >= 4 is 11.7 Å². The Morgan fingerprint density at radius 1 is 1.10 bits per heavy atom. The lowest BCUT2D eigenvalue weighted by Gasteiger charge is -2.36. The van der Waals surface area contributed by atoms with Gasteiger partial charge in [0.1, 0.15) is 17.6 Å². The van der Waals surface area contributed by atoms with Crippen molar-refractivity contribution in [3.8, 4) is 5.75 Å². The zero-order valence-corrected chi connectivity index (χ0v) is 17.6. The van der Waals surface area contributed by atoms with E-state index >= 15 is 0 Å². The van der Waals surface area contributed by atoms with Crippen LogP contribution in [0.1, 0.15) is 37.8 Å². The number of piperazine rings is 1. The first kappa shape index (κ1) is 20.6. The Kier molecular flexibility index (Phi) is 6.81. The van der Waals surface area contributed by atoms with Gasteiger partial charge in [0.05, 0.1) is 6.61 Å². The Hall–Kier alpha value is -2.64. The van der Waals surface area contributed by atoms with E-state index in [1.54, 1.807) is 0 Å². The summed E-state index contributed by atoms with van der Waals surface area (Å²) in [6, 6.07) is 14.1. The molecular weight excluding hydrogens is 378 g/mol. The van der Waals surface area contributed by atoms with Crippen molar-refractivity contribution in [1.29, 1.82) is 0 Å². The van der Waals surface area contributed by atoms with Gasteiger partial charge in [-0.3, -0.25) is 4.79 Å². The molecule has 2 unspecified atom stereocenters. The van der Waals surface area contributed by atoms with Gasteiger partial charge in [0.15, 0.2) is 0 Å². The second kappa shape index (κ2) is 9.91. The van der Waals surface area contributed by atoms with Crippen LogP contribution >= 0.6 is 0 Å². The molecule has 2 aromatic rings. The number of carbonyl (C=O) groups is 1. The fraction of sp³-hybridized carbons (Fsp3) is 0.478. The molecule has 0 radical (unpaired) electrons. The third-order valence-electron chi connectivity index (χ3n) is 5.82. The third-order valence-corrected chi connectivity index (χ3v) is 5.82. The van der Waals surface area contributed by atoms with E-state index in [-0.39, 0.29) is 18.0 Å². The lowest BCUT2D eigenvalue weighted by molar-refractivity contribution is -0.133. The number of carbonyl (C=O) groups excluding carboxylic acids is 1. The normalized spacial score (nSPS) is 21.6. The number of amides is 1. The molecule has 3 heterocycles. The average Bonchev–Trinajstić information content (AvgIpc) is 3.30. The van der Waals surface area contributed by atoms with E-state index in [2.05, 4.69) is 39.8 Å². The number of benzene rings is 1. The van der Waals surface area contributed by atoms with Crippen LogP contribution in [0.5, 0.6) is 5.75 Å². The summed E-state index contributed by atoms with van der Waals surface area (Å²) in [5.74, 6) is 2.05. The van der Waals surface area contributed by atoms with Crippen molar-refractivity contribution in [3.63, 3.8) is 0 Å². The summed E-state index contributed by atoms with van der Waals surface area (Å²) in [4.78, 5) is 21.6. The number of nitrogens with one attached hydrogen (secondary N) is 2. The number of hydrogen-bond donors (Lipinski definition) is 2. The molecular formula is C23H31N5O2. The van der Waals surface area contributed by atoms with Gasteiger partial charge in [0.2, 0.25) is 5.91 Å². The highest BCUT2D eigenvalue weighted by molar-refractivity contribution is 5.82. The van der Waals surface area contributed by atoms with Gasteiger partial charge in [-0.15, -0.1) is 0 Å². The Morgan fingerprint density at radius 2 is 1.90 bits per heavy atom. The molecule has 1 aromatic carbocycles. The molecule has 0 aliphatic carbocycles. The SMILES string of the molecule is CCCCOc1ccc(C2CC(C(=O)N3CCN(c4ccccn4)CC3)NN2)cc1. The summed E-state index contributed by atoms with van der Waals surface area (Å²) < 4.78 is 5.74. The van der Waals surface area contributed by atoms with E-state index in [0.29, 0.717) is 0 Å². The number of rotatable bonds is 7. The number of unbranched alkanes of at least 4 members (excludes halogenated alkanes) is 1. The molecule has 2 N–H and O–H groups in total. The van der Waals surface area contributed by atoms with E-state index in [0.717, 1.165) is 63.6 Å². The lowest BCUT2D eigenvalue weighted by Crippen LogP contribution is -2.53. The Bertz CT molecular complexity index is 806. The number of hydrazine groups is 1. The fourth-order valence-corrected chi connectivity index (χ4v) is 3.98. The number of pyridine rings is 1. The van der Waals surface area contributed by atoms with Crippen LogP contribution in [0, 0.1) is 0 Å². The van der Waals surface area contributed by atoms with Crippen molar-refractivity contribution in [2.24, 2.45) is 0 Å². The van der Waals surface area contributed by atoms with Crippen LogP contribution in [0.3, 0.4) is 0 Å². The van der Waals surface area contributed by atoms with Crippen LogP contribution in [0.15, 0.2) is 48.7 Å². The van der Waals surface area contributed by atoms with Gasteiger partial charge in [0.25, 0.3) is 0 Å². The molecule has 0 saturated carbocycles. The van der Waals surface area contributed by atoms with E-state index in [1.165, 1.54) is 5.56 Å². The van der Waals surface area contributed by atoms with Gasteiger partial charge in [0, 0.05) is 38.4 Å². The molecule has 2 fully saturated rings. The zero-order chi connectivity index (χ0) is 20.8. The second-order valence-electron chi connectivity index (χ2n) is 7.90. The van der Waals surface area contributed by atoms with Gasteiger partial charge >= 0.3 is 0 Å². The van der Waals surface area contributed by atoms with E-state index < -0.39 is 0 Å². The first-order valence-corrected chi connectivity index (χ1v) is 10.9. The Labute approximate surface area is 178 Å². The van der Waals surface area contributed by atoms with Crippen molar-refractivity contribution in [2.75, 3.05) is 37.7 Å². The lowest BCUT2D eigenvalue weighted by atomic mass is 10.0. The van der Waals surface area contributed by atoms with Crippen LogP contribution in [-0.4, -0.2) is 54.6 Å². The summed E-state index contributed by atoms with van der Waals surface area (Å²) in [5.41, 5.74) is 7.66. The highest BCUT2D eigenvalue weighted by Crippen LogP contribution is 2.25. The molecule has 7 heteroatoms. The molecule has 2 aliphatic rings. The second-order valence-corrected chi connectivity index (χ2v) is 7.90. The Balaban J connectivity index is 1.27. The standard InChI is InChI=1S/C23H31N5O2/c1-2-3-16-30-19-9-7-18(8-10-19)20-17-21(26-25-20)23(29)28-14-12-27(13-15-28)22-6-4-5-11-24-22/h4-11,20-21,25-26H,2-3,12-17H2,1H3. The minimum atomic E-state index is -0.197. The number of aromatic nitrogens is 1. The maximum atomic E-state index is 13.0. The number of anilines is 1. The van der Waals surface area contributed by atoms with E-state index in [1.807, 2.05) is 41.4 Å². The van der Waals surface area contributed by atoms with Gasteiger partial charge in [-0.05, 0) is 42.7 Å². The van der Waals surface area contributed by atoms with E-state index in [9.17, 15) is 4.79 Å². The summed E-state index contributed by atoms with van der Waals surface area (Å²) >= 11 is 0. The van der Waals surface area contributed by atoms with Crippen molar-refractivity contribution < 1.29 is 9.53 Å². The molecule has 4 rings (SSSR count).